The van der Waals surface area contributed by atoms with Gasteiger partial charge in [0.25, 0.3) is 11.8 Å². The number of imide groups is 1. The predicted molar refractivity (Wildman–Crippen MR) is 432 cm³/mol. The Hall–Kier alpha value is -10.5. The Morgan fingerprint density at radius 1 is 0.546 bits per heavy atom. The highest BCUT2D eigenvalue weighted by atomic mass is 16.8. The Bertz CT molecular complexity index is 4780. The molecule has 119 heavy (non-hydrogen) atoms. The van der Waals surface area contributed by atoms with Crippen LogP contribution in [0.5, 0.6) is 23.0 Å². The van der Waals surface area contributed by atoms with Crippen LogP contribution < -0.4 is 18.9 Å². The van der Waals surface area contributed by atoms with E-state index >= 15 is 0 Å². The first kappa shape index (κ1) is 87.8. The number of ketones is 2. The first-order valence-corrected chi connectivity index (χ1v) is 41.4. The van der Waals surface area contributed by atoms with Gasteiger partial charge in [-0.3, -0.25) is 52.8 Å². The van der Waals surface area contributed by atoms with E-state index < -0.39 is 105 Å². The minimum absolute atomic E-state index is 0. The molecule has 9 fully saturated rings. The average Bonchev–Trinajstić information content (AvgIpc) is 1.58. The topological polar surface area (TPSA) is 362 Å². The summed E-state index contributed by atoms with van der Waals surface area (Å²) in [5, 5.41) is 20.8. The van der Waals surface area contributed by atoms with E-state index in [2.05, 4.69) is 15.0 Å². The molecule has 4 amide bonds. The highest BCUT2D eigenvalue weighted by Crippen LogP contribution is 2.60. The number of amides is 4. The van der Waals surface area contributed by atoms with Crippen LogP contribution in [0.3, 0.4) is 0 Å². The number of fused-ring (bicyclic) bond motifs is 4. The van der Waals surface area contributed by atoms with Crippen LogP contribution in [-0.4, -0.2) is 191 Å². The van der Waals surface area contributed by atoms with Crippen molar-refractivity contribution in [2.75, 3.05) is 34.4 Å². The molecule has 16 atom stereocenters. The second-order valence-corrected chi connectivity index (χ2v) is 36.7. The van der Waals surface area contributed by atoms with Crippen LogP contribution in [0.25, 0.3) is 33.4 Å². The van der Waals surface area contributed by atoms with Crippen molar-refractivity contribution in [3.63, 3.8) is 0 Å². The molecule has 9 aliphatic rings. The summed E-state index contributed by atoms with van der Waals surface area (Å²) in [5.41, 5.74) is -2.74. The molecule has 15 rings (SSSR count). The van der Waals surface area contributed by atoms with Crippen LogP contribution in [0, 0.1) is 69.0 Å². The zero-order valence-electron chi connectivity index (χ0n) is 69.9. The second kappa shape index (κ2) is 35.0. The fraction of sp³-hybridized carbons (Fsp3) is 0.607. The third-order valence-corrected chi connectivity index (χ3v) is 25.3. The van der Waals surface area contributed by atoms with E-state index in [0.29, 0.717) is 99.1 Å². The molecule has 1 N–H and O–H groups in total. The van der Waals surface area contributed by atoms with Crippen LogP contribution in [0.1, 0.15) is 199 Å². The van der Waals surface area contributed by atoms with Crippen LogP contribution in [0.4, 0.5) is 4.79 Å². The second-order valence-electron chi connectivity index (χ2n) is 36.7. The lowest BCUT2D eigenvalue weighted by molar-refractivity contribution is -0.178. The molecular weight excluding hydrogens is 1530 g/mol. The van der Waals surface area contributed by atoms with Gasteiger partial charge in [0.1, 0.15) is 53.0 Å². The van der Waals surface area contributed by atoms with Gasteiger partial charge in [0.05, 0.1) is 93.0 Å². The molecule has 3 saturated heterocycles. The summed E-state index contributed by atoms with van der Waals surface area (Å²) in [6, 6.07) is 16.3. The number of carbonyl (C=O) groups is 11. The minimum atomic E-state index is -1.12. The zero-order valence-corrected chi connectivity index (χ0v) is 69.9. The molecule has 6 aliphatic carbocycles. The van der Waals surface area contributed by atoms with Gasteiger partial charge in [-0.2, -0.15) is 10.2 Å². The molecule has 2 aromatic carbocycles. The molecule has 0 bridgehead atoms. The number of carboxylic acids is 1. The molecular formula is C89H115N9O21. The van der Waals surface area contributed by atoms with Gasteiger partial charge in [-0.1, -0.05) is 80.7 Å². The smallest absolute Gasteiger partial charge is 0.497 e. The SMILES string of the molecule is C.CC[C@@H]1C[C@]1(CC(=O)[C@@H]1C[C@@H](Oc2cc(-n3cccn3)nc3cc(OC)ccc23)CN1C(=O)[C@@H](CC(=O)OC(C)(C)C)C(C)(C)C)C(=O)OC.CC[C@@H]1C[C@]1(CC(=O)[C@@H]1C[C@@H](Oc2cc(-n3cccn3)nc3cc(OC)ccc23)CN1C(=O)[C@@H](CC(=O)OC1C[C@@H]2C[C@@H]2C1)C(C)(C)C)C(=O)O.O=C(OC1C[C@@H]2C[C@@H]2C1)ON1C(=O)CCC1=O. The van der Waals surface area contributed by atoms with Crippen molar-refractivity contribution in [2.45, 2.75) is 241 Å². The van der Waals surface area contributed by atoms with Crippen molar-refractivity contribution in [3.05, 3.63) is 85.5 Å². The average molecular weight is 1650 g/mol. The fourth-order valence-electron chi connectivity index (χ4n) is 18.3. The van der Waals surface area contributed by atoms with Gasteiger partial charge in [0, 0.05) is 98.4 Å². The Labute approximate surface area is 693 Å². The number of pyridine rings is 2. The number of esters is 3. The largest absolute Gasteiger partial charge is 0.534 e. The summed E-state index contributed by atoms with van der Waals surface area (Å²) in [5.74, 6) is 0.000183. The number of Topliss-reactive ketones (excluding diaryl/α,β-unsaturated/α-hetero) is 2. The predicted octanol–water partition coefficient (Wildman–Crippen LogP) is 13.0. The number of hydrogen-bond donors (Lipinski definition) is 1. The monoisotopic (exact) mass is 1650 g/mol. The van der Waals surface area contributed by atoms with E-state index in [9.17, 15) is 57.8 Å². The summed E-state index contributed by atoms with van der Waals surface area (Å²) < 4.78 is 49.2. The summed E-state index contributed by atoms with van der Waals surface area (Å²) in [7, 11) is 4.50. The van der Waals surface area contributed by atoms with Crippen molar-refractivity contribution < 1.29 is 101 Å². The maximum Gasteiger partial charge on any atom is 0.534 e. The van der Waals surface area contributed by atoms with Gasteiger partial charge in [0.15, 0.2) is 23.2 Å². The quantitative estimate of drug-likeness (QED) is 0.0284. The minimum Gasteiger partial charge on any atom is -0.497 e. The van der Waals surface area contributed by atoms with Crippen molar-refractivity contribution in [1.29, 1.82) is 0 Å². The number of methoxy groups -OCH3 is 3. The van der Waals surface area contributed by atoms with E-state index in [-0.39, 0.29) is 119 Å². The van der Waals surface area contributed by atoms with Gasteiger partial charge in [-0.15, -0.1) is 0 Å². The summed E-state index contributed by atoms with van der Waals surface area (Å²) >= 11 is 0. The third kappa shape index (κ3) is 19.8. The van der Waals surface area contributed by atoms with Gasteiger partial charge < -0.3 is 52.8 Å². The molecule has 30 heteroatoms. The molecule has 6 aromatic rings. The van der Waals surface area contributed by atoms with Crippen LogP contribution in [-0.2, 0) is 71.7 Å². The number of carbonyl (C=O) groups excluding carboxylic acids is 10. The summed E-state index contributed by atoms with van der Waals surface area (Å²) in [6.07, 6.45) is 13.0. The molecule has 642 valence electrons. The maximum absolute atomic E-state index is 14.6. The maximum atomic E-state index is 14.6. The number of hydrogen-bond acceptors (Lipinski definition) is 24. The van der Waals surface area contributed by atoms with Gasteiger partial charge in [0.2, 0.25) is 11.8 Å². The highest BCUT2D eigenvalue weighted by Gasteiger charge is 2.63. The summed E-state index contributed by atoms with van der Waals surface area (Å²) in [4.78, 5) is 160. The number of aromatic nitrogens is 6. The zero-order chi connectivity index (χ0) is 84.8. The van der Waals surface area contributed by atoms with E-state index in [1.54, 1.807) is 109 Å². The van der Waals surface area contributed by atoms with Crippen molar-refractivity contribution in [3.8, 4) is 34.6 Å². The van der Waals surface area contributed by atoms with Crippen LogP contribution in [0.2, 0.25) is 0 Å². The highest BCUT2D eigenvalue weighted by molar-refractivity contribution is 6.02. The molecule has 30 nitrogen and oxygen atoms in total. The van der Waals surface area contributed by atoms with Crippen LogP contribution in [0.15, 0.2) is 85.5 Å². The van der Waals surface area contributed by atoms with E-state index in [1.807, 2.05) is 85.7 Å². The van der Waals surface area contributed by atoms with Gasteiger partial charge in [-0.25, -0.2) is 24.1 Å². The number of likely N-dealkylation sites (tertiary alicyclic amines) is 2. The Morgan fingerprint density at radius 3 is 1.36 bits per heavy atom. The Kier molecular flexibility index (Phi) is 25.8. The van der Waals surface area contributed by atoms with Crippen molar-refractivity contribution >= 4 is 87.0 Å². The van der Waals surface area contributed by atoms with Crippen LogP contribution >= 0.6 is 0 Å². The van der Waals surface area contributed by atoms with Gasteiger partial charge >= 0.3 is 30.0 Å². The summed E-state index contributed by atoms with van der Waals surface area (Å²) in [6.45, 7) is 20.9. The fourth-order valence-corrected chi connectivity index (χ4v) is 18.3. The number of carboxylic acid groups (broad SMARTS) is 1. The molecule has 0 spiro atoms. The molecule has 7 heterocycles. The molecule has 0 radical (unpaired) electrons. The van der Waals surface area contributed by atoms with E-state index in [4.69, 9.17) is 47.9 Å². The number of hydroxylamine groups is 2. The van der Waals surface area contributed by atoms with E-state index in [1.165, 1.54) is 20.0 Å². The first-order valence-electron chi connectivity index (χ1n) is 41.4. The molecule has 4 aromatic heterocycles. The Balaban J connectivity index is 0.000000181. The molecule has 3 aliphatic heterocycles. The van der Waals surface area contributed by atoms with Crippen molar-refractivity contribution in [1.82, 2.24) is 44.4 Å². The molecule has 6 saturated carbocycles. The lowest BCUT2D eigenvalue weighted by Gasteiger charge is -2.35. The third-order valence-electron chi connectivity index (χ3n) is 25.3. The number of benzene rings is 2. The van der Waals surface area contributed by atoms with Crippen molar-refractivity contribution in [2.24, 2.45) is 69.0 Å². The lowest BCUT2D eigenvalue weighted by Crippen LogP contribution is -2.48. The number of ether oxygens (including phenoxy) is 8. The number of aliphatic carboxylic acids is 1. The lowest BCUT2D eigenvalue weighted by atomic mass is 9.77. The molecule has 2 unspecified atom stereocenters. The normalized spacial score (nSPS) is 26.7. The standard InChI is InChI=1S/C39H48N4O8.C38H50N4O8.C11H13NO5.CH4/c1-6-24-19-39(24,37(47)48)20-32(44)31-16-27(50-33-18-34(43-11-7-10-40-43)41-30-15-25(49-5)8-9-28(30)33)21-42(31)36(46)29(38(2,3)4)17-35(45)51-26-13-22-12-23(22)14-26;1-10-23-20-38(23,35(46)48-9)21-30(43)29-17-25(22-41(29)34(45)27(36(2,3)4)18-33(44)50-37(5,6)7)49-31-19-32(42-15-11-14-39-42)40-28-16-24(47-8)12-13-26(28)31;13-9-1-2-10(14)12(9)17-11(15)16-8-4-6-3-7(6)5-8;/h7-11,15,18,22-24,26-27,29,31H,6,12-14,16-17,19-21H2,1-5H3,(H,47,48);11-16,19,23,25,27,29H,10,17-18,20-22H2,1-9H3;6-8H,1-5H2;1H4/t22-,23+,24-,26?,27-,29-,31+,39-;23-,25-,27-,29+,38-;6-,7+,8?;/m11../s1. The van der Waals surface area contributed by atoms with Gasteiger partial charge in [-0.05, 0) is 155 Å². The van der Waals surface area contributed by atoms with E-state index in [0.717, 1.165) is 37.5 Å². The number of nitrogens with zero attached hydrogens (tertiary/aromatic N) is 9. The first-order chi connectivity index (χ1) is 55.9. The number of rotatable bonds is 27. The Morgan fingerprint density at radius 2 is 0.975 bits per heavy atom.